The summed E-state index contributed by atoms with van der Waals surface area (Å²) in [6, 6.07) is 0. The first kappa shape index (κ1) is 61.2. The van der Waals surface area contributed by atoms with Crippen LogP contribution < -0.4 is 16.6 Å². The topological polar surface area (TPSA) is 488 Å². The number of aliphatic hydroxyl groups is 1. The molecule has 34 nitrogen and oxygen atoms in total. The number of carbonyl (C=O) groups is 1. The number of azide groups is 1. The molecule has 0 saturated carbocycles. The van der Waals surface area contributed by atoms with E-state index >= 15 is 0 Å². The van der Waals surface area contributed by atoms with Gasteiger partial charge in [-0.3, -0.25) is 28.2 Å². The molecule has 40 heteroatoms. The van der Waals surface area contributed by atoms with E-state index in [0.29, 0.717) is 52.3 Å². The molecule has 9 atom stereocenters. The number of unbranched alkanes of at least 4 members (excludes halogenated alkanes) is 3. The van der Waals surface area contributed by atoms with Gasteiger partial charge in [-0.05, 0) is 25.3 Å². The van der Waals surface area contributed by atoms with Crippen LogP contribution in [0.5, 0.6) is 0 Å². The Hall–Kier alpha value is -1.92. The maximum absolute atomic E-state index is 12.3. The Morgan fingerprint density at radius 2 is 1.22 bits per heavy atom. The van der Waals surface area contributed by atoms with Gasteiger partial charge in [0.25, 0.3) is 5.56 Å². The number of aromatic nitrogens is 2. The number of rotatable bonds is 37. The molecule has 9 N–H and O–H groups in total. The maximum atomic E-state index is 12.3. The second-order valence-electron chi connectivity index (χ2n) is 13.2. The standard InChI is InChI=1S/C27H52N6O28P6/c1-21-19-33(27(37)31-26(21)36)25-18-22(34)23(56-25)20-55-63(40,41)58-65(44,45)60-67(48,49)61-66(46,47)59-64(42,43)57-62(38,39)54-9-5-3-2-4-7-29-24(35)6-10-50-12-14-52-16-17-53-15-13-51-11-8-30-32-28/h19,22-23,25,34H,2-18,20H2,1H3,(H,29,35)(H,38,39)(H,40,41)(H,42,43)(H,44,45)(H,46,47)(H,48,49)(H,31,36,37)/t22?,23-,25-/m1/s1. The Kier molecular flexibility index (Phi) is 26.9. The van der Waals surface area contributed by atoms with E-state index in [4.69, 9.17) is 29.2 Å². The highest BCUT2D eigenvalue weighted by atomic mass is 31.3. The van der Waals surface area contributed by atoms with Crippen LogP contribution in [0.25, 0.3) is 10.4 Å². The fraction of sp³-hybridized carbons (Fsp3) is 0.815. The highest BCUT2D eigenvalue weighted by Gasteiger charge is 2.50. The molecule has 1 fully saturated rings. The van der Waals surface area contributed by atoms with Crippen LogP contribution in [-0.2, 0) is 86.5 Å². The minimum absolute atomic E-state index is 0.0496. The number of hydrogen-bond acceptors (Lipinski definition) is 23. The van der Waals surface area contributed by atoms with E-state index in [-0.39, 0.29) is 63.6 Å². The second kappa shape index (κ2) is 29.4. The van der Waals surface area contributed by atoms with Gasteiger partial charge in [-0.25, -0.2) is 32.2 Å². The van der Waals surface area contributed by atoms with Crippen molar-refractivity contribution in [3.05, 3.63) is 43.0 Å². The normalized spacial score (nSPS) is 21.7. The van der Waals surface area contributed by atoms with E-state index in [1.54, 1.807) is 0 Å². The van der Waals surface area contributed by atoms with Gasteiger partial charge in [-0.1, -0.05) is 18.0 Å². The summed E-state index contributed by atoms with van der Waals surface area (Å²) in [6.45, 7) is 2.52. The molecule has 2 heterocycles. The van der Waals surface area contributed by atoms with Crippen LogP contribution in [0, 0.1) is 6.92 Å². The molecule has 2 rings (SSSR count). The number of nitrogens with zero attached hydrogens (tertiary/aromatic N) is 4. The van der Waals surface area contributed by atoms with Crippen LogP contribution >= 0.6 is 46.9 Å². The van der Waals surface area contributed by atoms with Gasteiger partial charge in [-0.2, -0.15) is 21.6 Å². The van der Waals surface area contributed by atoms with Crippen LogP contribution in [-0.4, -0.2) is 141 Å². The van der Waals surface area contributed by atoms with Crippen LogP contribution in [0.15, 0.2) is 20.9 Å². The van der Waals surface area contributed by atoms with Gasteiger partial charge in [0.2, 0.25) is 5.91 Å². The number of carbonyl (C=O) groups excluding carboxylic acids is 1. The number of aromatic amines is 1. The second-order valence-corrected chi connectivity index (χ2v) is 22.6. The molecule has 1 saturated heterocycles. The van der Waals surface area contributed by atoms with Crippen molar-refractivity contribution >= 4 is 52.8 Å². The van der Waals surface area contributed by atoms with Crippen molar-refractivity contribution in [3.63, 3.8) is 0 Å². The van der Waals surface area contributed by atoms with E-state index in [9.17, 15) is 76.2 Å². The van der Waals surface area contributed by atoms with E-state index in [1.165, 1.54) is 6.92 Å². The lowest BCUT2D eigenvalue weighted by molar-refractivity contribution is -0.122. The molecule has 0 bridgehead atoms. The Morgan fingerprint density at radius 1 is 0.746 bits per heavy atom. The number of hydrogen-bond donors (Lipinski definition) is 9. The summed E-state index contributed by atoms with van der Waals surface area (Å²) in [4.78, 5) is 98.7. The van der Waals surface area contributed by atoms with Crippen molar-refractivity contribution in [1.82, 2.24) is 14.9 Å². The number of aliphatic hydroxyl groups excluding tert-OH is 1. The number of phosphoric acid groups is 6. The summed E-state index contributed by atoms with van der Waals surface area (Å²) in [5, 5.41) is 16.2. The van der Waals surface area contributed by atoms with Gasteiger partial charge in [0.1, 0.15) is 12.3 Å². The van der Waals surface area contributed by atoms with Crippen LogP contribution in [0.4, 0.5) is 0 Å². The van der Waals surface area contributed by atoms with Gasteiger partial charge in [0.15, 0.2) is 0 Å². The molecule has 1 aliphatic heterocycles. The van der Waals surface area contributed by atoms with E-state index < -0.39 is 89.8 Å². The summed E-state index contributed by atoms with van der Waals surface area (Å²) in [5.74, 6) is -0.283. The highest BCUT2D eigenvalue weighted by Crippen LogP contribution is 2.75. The highest BCUT2D eigenvalue weighted by molar-refractivity contribution is 7.72. The van der Waals surface area contributed by atoms with Gasteiger partial charge in [-0.15, -0.1) is 0 Å². The molecule has 0 spiro atoms. The first-order valence-corrected chi connectivity index (χ1v) is 28.2. The maximum Gasteiger partial charge on any atom is 0.490 e. The Balaban J connectivity index is 1.62. The number of aryl methyl sites for hydroxylation is 1. The summed E-state index contributed by atoms with van der Waals surface area (Å²) < 4.78 is 128. The Labute approximate surface area is 379 Å². The predicted molar refractivity (Wildman–Crippen MR) is 220 cm³/mol. The molecule has 1 aliphatic rings. The molecule has 0 aromatic carbocycles. The van der Waals surface area contributed by atoms with E-state index in [0.717, 1.165) is 10.8 Å². The number of phosphoric ester groups is 2. The average molecular weight is 1090 g/mol. The lowest BCUT2D eigenvalue weighted by atomic mass is 10.2. The number of H-pyrrole nitrogens is 1. The Bertz CT molecular complexity index is 2190. The SMILES string of the molecule is Cc1cn([C@H]2CC(O)[C@@H](COP(=O)(O)OP(=O)(O)OP(=O)(O)OP(=O)(O)OP(=O)(O)OP(=O)(O)OCCCCCCNC(=O)CCOCCOCCOCCOCCN=[N+]=[N-])O2)c(=O)[nH]c1=O. The van der Waals surface area contributed by atoms with E-state index in [2.05, 4.69) is 45.9 Å². The first-order chi connectivity index (χ1) is 31.2. The summed E-state index contributed by atoms with van der Waals surface area (Å²) in [5.41, 5.74) is 6.58. The molecular formula is C27H52N6O28P6. The van der Waals surface area contributed by atoms with Crippen LogP contribution in [0.3, 0.4) is 0 Å². The van der Waals surface area contributed by atoms with Gasteiger partial charge >= 0.3 is 52.6 Å². The van der Waals surface area contributed by atoms with Crippen LogP contribution in [0.2, 0.25) is 0 Å². The third-order valence-corrected chi connectivity index (χ3v) is 17.0. The molecule has 0 radical (unpaired) electrons. The van der Waals surface area contributed by atoms with Crippen molar-refractivity contribution < 1.29 is 121 Å². The fourth-order valence-electron chi connectivity index (χ4n) is 4.92. The molecular weight excluding hydrogens is 1040 g/mol. The van der Waals surface area contributed by atoms with Crippen molar-refractivity contribution in [2.24, 2.45) is 5.11 Å². The zero-order valence-corrected chi connectivity index (χ0v) is 40.6. The lowest BCUT2D eigenvalue weighted by Gasteiger charge is -2.21. The van der Waals surface area contributed by atoms with Crippen molar-refractivity contribution in [1.29, 1.82) is 0 Å². The van der Waals surface area contributed by atoms with Crippen molar-refractivity contribution in [3.8, 4) is 0 Å². The number of ether oxygens (including phenoxy) is 5. The quantitative estimate of drug-likeness (QED) is 0.0150. The number of nitrogens with one attached hydrogen (secondary N) is 2. The van der Waals surface area contributed by atoms with E-state index in [1.807, 2.05) is 4.98 Å². The zero-order chi connectivity index (χ0) is 50.4. The molecule has 1 aromatic heterocycles. The third kappa shape index (κ3) is 27.3. The molecule has 0 aliphatic carbocycles. The molecule has 67 heavy (non-hydrogen) atoms. The molecule has 1 aromatic rings. The third-order valence-electron chi connectivity index (χ3n) is 7.73. The fourth-order valence-corrected chi connectivity index (χ4v) is 12.8. The molecule has 1 amide bonds. The largest absolute Gasteiger partial charge is 0.490 e. The minimum atomic E-state index is -6.50. The minimum Gasteiger partial charge on any atom is -0.390 e. The van der Waals surface area contributed by atoms with Gasteiger partial charge in [0, 0.05) is 42.6 Å². The molecule has 388 valence electrons. The van der Waals surface area contributed by atoms with Crippen molar-refractivity contribution in [2.45, 2.75) is 63.9 Å². The summed E-state index contributed by atoms with van der Waals surface area (Å²) >= 11 is 0. The predicted octanol–water partition coefficient (Wildman–Crippen LogP) is 1.66. The van der Waals surface area contributed by atoms with Crippen LogP contribution in [0.1, 0.15) is 50.3 Å². The number of amides is 1. The zero-order valence-electron chi connectivity index (χ0n) is 35.2. The van der Waals surface area contributed by atoms with Crippen molar-refractivity contribution in [2.75, 3.05) is 79.2 Å². The summed E-state index contributed by atoms with van der Waals surface area (Å²) in [7, 11) is -37.0. The lowest BCUT2D eigenvalue weighted by Crippen LogP contribution is -2.33. The molecule has 7 unspecified atom stereocenters. The van der Waals surface area contributed by atoms with Gasteiger partial charge < -0.3 is 63.5 Å². The first-order valence-electron chi connectivity index (χ1n) is 19.2. The Morgan fingerprint density at radius 3 is 1.76 bits per heavy atom. The average Bonchev–Trinajstić information content (AvgIpc) is 3.55. The summed E-state index contributed by atoms with van der Waals surface area (Å²) in [6.07, 6.45) is -2.09. The van der Waals surface area contributed by atoms with Gasteiger partial charge in [0.05, 0.1) is 72.2 Å². The monoisotopic (exact) mass is 1090 g/mol. The smallest absolute Gasteiger partial charge is 0.390 e.